The van der Waals surface area contributed by atoms with Gasteiger partial charge < -0.3 is 10.0 Å². The molecule has 3 heteroatoms. The molecule has 3 nitrogen and oxygen atoms in total. The summed E-state index contributed by atoms with van der Waals surface area (Å²) >= 11 is 0. The van der Waals surface area contributed by atoms with Gasteiger partial charge in [-0.05, 0) is 25.7 Å². The molecule has 0 aromatic carbocycles. The molecule has 0 aromatic heterocycles. The van der Waals surface area contributed by atoms with Gasteiger partial charge in [-0.1, -0.05) is 6.92 Å². The van der Waals surface area contributed by atoms with Crippen molar-refractivity contribution in [3.63, 3.8) is 0 Å². The van der Waals surface area contributed by atoms with Gasteiger partial charge in [0.2, 0.25) is 5.91 Å². The van der Waals surface area contributed by atoms with Crippen LogP contribution in [0.5, 0.6) is 0 Å². The highest BCUT2D eigenvalue weighted by atomic mass is 16.3. The van der Waals surface area contributed by atoms with Crippen LogP contribution < -0.4 is 0 Å². The second kappa shape index (κ2) is 5.22. The summed E-state index contributed by atoms with van der Waals surface area (Å²) < 4.78 is 0. The zero-order valence-electron chi connectivity index (χ0n) is 8.33. The van der Waals surface area contributed by atoms with Crippen LogP contribution in [0.15, 0.2) is 0 Å². The molecule has 1 saturated heterocycles. The highest BCUT2D eigenvalue weighted by Crippen LogP contribution is 2.17. The third kappa shape index (κ3) is 2.69. The number of carbonyl (C=O) groups excluding carboxylic acids is 1. The second-order valence-corrected chi connectivity index (χ2v) is 3.67. The van der Waals surface area contributed by atoms with E-state index in [0.717, 1.165) is 32.2 Å². The average molecular weight is 185 g/mol. The molecule has 1 aliphatic rings. The number of hydrogen-bond donors (Lipinski definition) is 1. The first-order chi connectivity index (χ1) is 6.29. The predicted octanol–water partition coefficient (Wildman–Crippen LogP) is 1.16. The van der Waals surface area contributed by atoms with Crippen molar-refractivity contribution in [2.75, 3.05) is 13.2 Å². The smallest absolute Gasteiger partial charge is 0.222 e. The van der Waals surface area contributed by atoms with Crippen LogP contribution in [0.4, 0.5) is 0 Å². The molecule has 0 radical (unpaired) electrons. The molecule has 76 valence electrons. The van der Waals surface area contributed by atoms with Crippen molar-refractivity contribution in [1.29, 1.82) is 0 Å². The standard InChI is InChI=1S/C10H19NO2/c1-2-5-10(13)11-7-4-3-6-9(11)8-12/h9,12H,2-8H2,1H3/t9-/m0/s1. The topological polar surface area (TPSA) is 40.5 Å². The zero-order chi connectivity index (χ0) is 9.68. The molecule has 1 N–H and O–H groups in total. The monoisotopic (exact) mass is 185 g/mol. The van der Waals surface area contributed by atoms with Crippen molar-refractivity contribution in [3.05, 3.63) is 0 Å². The molecule has 1 atom stereocenters. The number of aliphatic hydroxyl groups is 1. The number of amides is 1. The number of hydrogen-bond acceptors (Lipinski definition) is 2. The van der Waals surface area contributed by atoms with E-state index in [4.69, 9.17) is 5.11 Å². The number of rotatable bonds is 3. The van der Waals surface area contributed by atoms with Crippen LogP contribution in [0, 0.1) is 0 Å². The maximum absolute atomic E-state index is 11.6. The van der Waals surface area contributed by atoms with E-state index in [-0.39, 0.29) is 18.6 Å². The Labute approximate surface area is 79.7 Å². The lowest BCUT2D eigenvalue weighted by Crippen LogP contribution is -2.45. The van der Waals surface area contributed by atoms with Crippen LogP contribution in [0.25, 0.3) is 0 Å². The highest BCUT2D eigenvalue weighted by Gasteiger charge is 2.24. The van der Waals surface area contributed by atoms with E-state index in [1.165, 1.54) is 0 Å². The van der Waals surface area contributed by atoms with Gasteiger partial charge in [0.25, 0.3) is 0 Å². The molecular weight excluding hydrogens is 166 g/mol. The van der Waals surface area contributed by atoms with Crippen molar-refractivity contribution in [2.45, 2.75) is 45.1 Å². The molecule has 1 fully saturated rings. The Kier molecular flexibility index (Phi) is 4.22. The first-order valence-electron chi connectivity index (χ1n) is 5.20. The Morgan fingerprint density at radius 1 is 1.54 bits per heavy atom. The maximum Gasteiger partial charge on any atom is 0.222 e. The Bertz CT molecular complexity index is 170. The fourth-order valence-electron chi connectivity index (χ4n) is 1.88. The Balaban J connectivity index is 2.48. The van der Waals surface area contributed by atoms with E-state index in [9.17, 15) is 4.79 Å². The molecule has 1 amide bonds. The van der Waals surface area contributed by atoms with Crippen molar-refractivity contribution >= 4 is 5.91 Å². The number of aliphatic hydroxyl groups excluding tert-OH is 1. The summed E-state index contributed by atoms with van der Waals surface area (Å²) in [7, 11) is 0. The summed E-state index contributed by atoms with van der Waals surface area (Å²) in [5, 5.41) is 9.08. The number of piperidine rings is 1. The highest BCUT2D eigenvalue weighted by molar-refractivity contribution is 5.76. The summed E-state index contributed by atoms with van der Waals surface area (Å²) in [5.74, 6) is 0.209. The molecule has 1 heterocycles. The van der Waals surface area contributed by atoms with Crippen molar-refractivity contribution in [3.8, 4) is 0 Å². The minimum absolute atomic E-state index is 0.0906. The first-order valence-corrected chi connectivity index (χ1v) is 5.20. The summed E-state index contributed by atoms with van der Waals surface area (Å²) in [4.78, 5) is 13.4. The van der Waals surface area contributed by atoms with Crippen molar-refractivity contribution in [2.24, 2.45) is 0 Å². The zero-order valence-corrected chi connectivity index (χ0v) is 8.33. The van der Waals surface area contributed by atoms with Crippen LogP contribution in [-0.2, 0) is 4.79 Å². The fraction of sp³-hybridized carbons (Fsp3) is 0.900. The van der Waals surface area contributed by atoms with E-state index >= 15 is 0 Å². The van der Waals surface area contributed by atoms with Crippen LogP contribution in [0.1, 0.15) is 39.0 Å². The molecule has 0 spiro atoms. The third-order valence-electron chi connectivity index (χ3n) is 2.62. The quantitative estimate of drug-likeness (QED) is 0.716. The van der Waals surface area contributed by atoms with Gasteiger partial charge in [-0.25, -0.2) is 0 Å². The molecule has 0 saturated carbocycles. The van der Waals surface area contributed by atoms with Gasteiger partial charge in [0.15, 0.2) is 0 Å². The van der Waals surface area contributed by atoms with E-state index in [2.05, 4.69) is 0 Å². The van der Waals surface area contributed by atoms with Crippen LogP contribution >= 0.6 is 0 Å². The molecular formula is C10H19NO2. The normalized spacial score (nSPS) is 23.2. The lowest BCUT2D eigenvalue weighted by Gasteiger charge is -2.34. The van der Waals surface area contributed by atoms with Crippen LogP contribution in [0.3, 0.4) is 0 Å². The third-order valence-corrected chi connectivity index (χ3v) is 2.62. The minimum atomic E-state index is 0.0906. The Morgan fingerprint density at radius 2 is 2.31 bits per heavy atom. The molecule has 0 aliphatic carbocycles. The van der Waals surface area contributed by atoms with Gasteiger partial charge in [0.1, 0.15) is 0 Å². The Hall–Kier alpha value is -0.570. The van der Waals surface area contributed by atoms with E-state index < -0.39 is 0 Å². The van der Waals surface area contributed by atoms with Gasteiger partial charge in [-0.15, -0.1) is 0 Å². The summed E-state index contributed by atoms with van der Waals surface area (Å²) in [6, 6.07) is 0.0906. The number of carbonyl (C=O) groups is 1. The van der Waals surface area contributed by atoms with Gasteiger partial charge in [0, 0.05) is 13.0 Å². The minimum Gasteiger partial charge on any atom is -0.394 e. The lowest BCUT2D eigenvalue weighted by atomic mass is 10.0. The first kappa shape index (κ1) is 10.5. The molecule has 0 unspecified atom stereocenters. The average Bonchev–Trinajstić information content (AvgIpc) is 2.18. The number of likely N-dealkylation sites (tertiary alicyclic amines) is 1. The fourth-order valence-corrected chi connectivity index (χ4v) is 1.88. The maximum atomic E-state index is 11.6. The molecule has 13 heavy (non-hydrogen) atoms. The van der Waals surface area contributed by atoms with Gasteiger partial charge in [-0.3, -0.25) is 4.79 Å². The largest absolute Gasteiger partial charge is 0.394 e. The summed E-state index contributed by atoms with van der Waals surface area (Å²) in [6.45, 7) is 2.97. The van der Waals surface area contributed by atoms with Gasteiger partial charge in [0.05, 0.1) is 12.6 Å². The van der Waals surface area contributed by atoms with Crippen LogP contribution in [-0.4, -0.2) is 35.1 Å². The lowest BCUT2D eigenvalue weighted by molar-refractivity contribution is -0.135. The van der Waals surface area contributed by atoms with Gasteiger partial charge in [-0.2, -0.15) is 0 Å². The SMILES string of the molecule is CCCC(=O)N1CCCC[C@H]1CO. The molecule has 0 aromatic rings. The molecule has 0 bridgehead atoms. The van der Waals surface area contributed by atoms with Crippen molar-refractivity contribution < 1.29 is 9.90 Å². The summed E-state index contributed by atoms with van der Waals surface area (Å²) in [6.07, 6.45) is 4.71. The Morgan fingerprint density at radius 3 is 2.92 bits per heavy atom. The predicted molar refractivity (Wildman–Crippen MR) is 51.3 cm³/mol. The number of nitrogens with zero attached hydrogens (tertiary/aromatic N) is 1. The van der Waals surface area contributed by atoms with Crippen molar-refractivity contribution in [1.82, 2.24) is 4.90 Å². The van der Waals surface area contributed by atoms with E-state index in [1.54, 1.807) is 0 Å². The van der Waals surface area contributed by atoms with Crippen LogP contribution in [0.2, 0.25) is 0 Å². The van der Waals surface area contributed by atoms with E-state index in [1.807, 2.05) is 11.8 Å². The van der Waals surface area contributed by atoms with Gasteiger partial charge >= 0.3 is 0 Å². The van der Waals surface area contributed by atoms with E-state index in [0.29, 0.717) is 6.42 Å². The summed E-state index contributed by atoms with van der Waals surface area (Å²) in [5.41, 5.74) is 0. The second-order valence-electron chi connectivity index (χ2n) is 3.67. The molecule has 1 aliphatic heterocycles. The molecule has 1 rings (SSSR count).